The van der Waals surface area contributed by atoms with Crippen LogP contribution in [0.25, 0.3) is 16.8 Å². The number of rotatable bonds is 8. The van der Waals surface area contributed by atoms with Crippen LogP contribution >= 0.6 is 0 Å². The summed E-state index contributed by atoms with van der Waals surface area (Å²) in [4.78, 5) is 24.0. The Balaban J connectivity index is 1.24. The molecule has 0 atom stereocenters. The number of nitrogens with zero attached hydrogens (tertiary/aromatic N) is 1. The van der Waals surface area contributed by atoms with Gasteiger partial charge in [-0.05, 0) is 52.9 Å². The average molecular weight is 450 g/mol. The number of carbonyl (C=O) groups is 2. The number of hydrogen-bond acceptors (Lipinski definition) is 5. The van der Waals surface area contributed by atoms with Crippen molar-refractivity contribution in [3.63, 3.8) is 0 Å². The Kier molecular flexibility index (Phi) is 7.43. The monoisotopic (exact) mass is 450 g/mol. The Morgan fingerprint density at radius 2 is 1.53 bits per heavy atom. The van der Waals surface area contributed by atoms with Gasteiger partial charge in [0.25, 0.3) is 5.91 Å². The van der Waals surface area contributed by atoms with Crippen molar-refractivity contribution < 1.29 is 19.1 Å². The summed E-state index contributed by atoms with van der Waals surface area (Å²) in [6.45, 7) is -0.156. The summed E-state index contributed by atoms with van der Waals surface area (Å²) in [5.74, 6) is 0.206. The molecule has 0 aliphatic carbocycles. The van der Waals surface area contributed by atoms with Crippen LogP contribution in [0.2, 0.25) is 0 Å². The fourth-order valence-corrected chi connectivity index (χ4v) is 3.18. The number of benzene rings is 4. The summed E-state index contributed by atoms with van der Waals surface area (Å²) in [5, 5.41) is 5.93. The first-order valence-electron chi connectivity index (χ1n) is 10.6. The normalized spacial score (nSPS) is 11.1. The van der Waals surface area contributed by atoms with Crippen molar-refractivity contribution in [3.05, 3.63) is 114 Å². The second-order valence-corrected chi connectivity index (χ2v) is 7.29. The molecule has 0 saturated heterocycles. The van der Waals surface area contributed by atoms with Gasteiger partial charge in [-0.1, -0.05) is 66.7 Å². The summed E-state index contributed by atoms with van der Waals surface area (Å²) >= 11 is 0. The second kappa shape index (κ2) is 11.2. The lowest BCUT2D eigenvalue weighted by molar-refractivity contribution is -0.129. The molecule has 6 heteroatoms. The summed E-state index contributed by atoms with van der Waals surface area (Å²) < 4.78 is 10.9. The standard InChI is InChI=1S/C28H22N2O4/c31-27(20-33-26-12-6-10-23-9-4-5-11-25(23)26)30-29-19-22-13-16-24(17-14-22)34-28(32)18-15-21-7-2-1-3-8-21/h1-19H,20H2,(H,30,31). The second-order valence-electron chi connectivity index (χ2n) is 7.29. The van der Waals surface area contributed by atoms with E-state index >= 15 is 0 Å². The summed E-state index contributed by atoms with van der Waals surface area (Å²) in [6.07, 6.45) is 4.56. The molecule has 0 saturated carbocycles. The Bertz CT molecular complexity index is 1320. The maximum Gasteiger partial charge on any atom is 0.336 e. The first-order chi connectivity index (χ1) is 16.7. The molecule has 1 N–H and O–H groups in total. The maximum atomic E-state index is 12.1. The molecular formula is C28H22N2O4. The highest BCUT2D eigenvalue weighted by Gasteiger charge is 2.05. The Morgan fingerprint density at radius 1 is 0.794 bits per heavy atom. The van der Waals surface area contributed by atoms with Gasteiger partial charge < -0.3 is 9.47 Å². The van der Waals surface area contributed by atoms with Crippen LogP contribution < -0.4 is 14.9 Å². The van der Waals surface area contributed by atoms with Crippen LogP contribution in [-0.4, -0.2) is 24.7 Å². The van der Waals surface area contributed by atoms with Crippen molar-refractivity contribution in [3.8, 4) is 11.5 Å². The van der Waals surface area contributed by atoms with Crippen molar-refractivity contribution >= 4 is 34.9 Å². The van der Waals surface area contributed by atoms with Crippen LogP contribution in [0.5, 0.6) is 11.5 Å². The minimum atomic E-state index is -0.469. The van der Waals surface area contributed by atoms with Gasteiger partial charge in [0.05, 0.1) is 6.21 Å². The molecule has 0 spiro atoms. The van der Waals surface area contributed by atoms with Gasteiger partial charge in [-0.2, -0.15) is 5.10 Å². The lowest BCUT2D eigenvalue weighted by Crippen LogP contribution is -2.24. The first kappa shape index (κ1) is 22.5. The topological polar surface area (TPSA) is 77.0 Å². The number of amides is 1. The molecule has 168 valence electrons. The zero-order valence-corrected chi connectivity index (χ0v) is 18.3. The lowest BCUT2D eigenvalue weighted by atomic mass is 10.1. The quantitative estimate of drug-likeness (QED) is 0.135. The largest absolute Gasteiger partial charge is 0.483 e. The van der Waals surface area contributed by atoms with Crippen LogP contribution in [0.15, 0.2) is 108 Å². The highest BCUT2D eigenvalue weighted by Crippen LogP contribution is 2.24. The predicted molar refractivity (Wildman–Crippen MR) is 133 cm³/mol. The van der Waals surface area contributed by atoms with Gasteiger partial charge >= 0.3 is 5.97 Å². The van der Waals surface area contributed by atoms with Crippen LogP contribution in [-0.2, 0) is 9.59 Å². The van der Waals surface area contributed by atoms with Crippen molar-refractivity contribution in [2.24, 2.45) is 5.10 Å². The third-order valence-electron chi connectivity index (χ3n) is 4.82. The van der Waals surface area contributed by atoms with E-state index in [-0.39, 0.29) is 12.5 Å². The van der Waals surface area contributed by atoms with Crippen LogP contribution in [0.1, 0.15) is 11.1 Å². The van der Waals surface area contributed by atoms with E-state index < -0.39 is 5.97 Å². The molecule has 0 aliphatic heterocycles. The third kappa shape index (κ3) is 6.40. The van der Waals surface area contributed by atoms with Crippen molar-refractivity contribution in [2.45, 2.75) is 0 Å². The molecule has 4 rings (SSSR count). The minimum absolute atomic E-state index is 0.156. The molecule has 4 aromatic rings. The molecule has 0 radical (unpaired) electrons. The molecule has 0 fully saturated rings. The average Bonchev–Trinajstić information content (AvgIpc) is 2.88. The number of esters is 1. The van der Waals surface area contributed by atoms with Crippen LogP contribution in [0.3, 0.4) is 0 Å². The predicted octanol–water partition coefficient (Wildman–Crippen LogP) is 4.99. The first-order valence-corrected chi connectivity index (χ1v) is 10.6. The Hall–Kier alpha value is -4.71. The molecule has 1 amide bonds. The van der Waals surface area contributed by atoms with Gasteiger partial charge in [0.2, 0.25) is 0 Å². The van der Waals surface area contributed by atoms with E-state index in [9.17, 15) is 9.59 Å². The van der Waals surface area contributed by atoms with Gasteiger partial charge in [0.15, 0.2) is 6.61 Å². The maximum absolute atomic E-state index is 12.1. The lowest BCUT2D eigenvalue weighted by Gasteiger charge is -2.08. The van der Waals surface area contributed by atoms with Crippen molar-refractivity contribution in [1.29, 1.82) is 0 Å². The number of fused-ring (bicyclic) bond motifs is 1. The minimum Gasteiger partial charge on any atom is -0.483 e. The zero-order valence-electron chi connectivity index (χ0n) is 18.3. The van der Waals surface area contributed by atoms with Crippen LogP contribution in [0.4, 0.5) is 0 Å². The number of ether oxygens (including phenoxy) is 2. The van der Waals surface area contributed by atoms with E-state index in [4.69, 9.17) is 9.47 Å². The number of hydrazone groups is 1. The molecule has 0 unspecified atom stereocenters. The van der Waals surface area contributed by atoms with Gasteiger partial charge in [0, 0.05) is 11.5 Å². The van der Waals surface area contributed by atoms with E-state index in [2.05, 4.69) is 10.5 Å². The molecule has 34 heavy (non-hydrogen) atoms. The molecule has 0 heterocycles. The highest BCUT2D eigenvalue weighted by molar-refractivity contribution is 5.90. The smallest absolute Gasteiger partial charge is 0.336 e. The van der Waals surface area contributed by atoms with E-state index in [0.717, 1.165) is 21.9 Å². The van der Waals surface area contributed by atoms with Gasteiger partial charge in [-0.15, -0.1) is 0 Å². The highest BCUT2D eigenvalue weighted by atomic mass is 16.5. The van der Waals surface area contributed by atoms with E-state index in [1.54, 1.807) is 30.3 Å². The van der Waals surface area contributed by atoms with E-state index in [1.165, 1.54) is 12.3 Å². The van der Waals surface area contributed by atoms with Gasteiger partial charge in [-0.3, -0.25) is 4.79 Å². The van der Waals surface area contributed by atoms with Gasteiger partial charge in [-0.25, -0.2) is 10.2 Å². The van der Waals surface area contributed by atoms with Crippen molar-refractivity contribution in [2.75, 3.05) is 6.61 Å². The van der Waals surface area contributed by atoms with E-state index in [1.807, 2.05) is 72.8 Å². The molecule has 0 aromatic heterocycles. The van der Waals surface area contributed by atoms with Crippen molar-refractivity contribution in [1.82, 2.24) is 5.43 Å². The molecule has 0 aliphatic rings. The Morgan fingerprint density at radius 3 is 2.35 bits per heavy atom. The number of hydrogen-bond donors (Lipinski definition) is 1. The SMILES string of the molecule is O=C(COc1cccc2ccccc12)NN=Cc1ccc(OC(=O)C=Cc2ccccc2)cc1. The Labute approximate surface area is 197 Å². The summed E-state index contributed by atoms with van der Waals surface area (Å²) in [6, 6.07) is 29.8. The van der Waals surface area contributed by atoms with Gasteiger partial charge in [0.1, 0.15) is 11.5 Å². The molecule has 0 bridgehead atoms. The number of carbonyl (C=O) groups excluding carboxylic acids is 2. The fraction of sp³-hybridized carbons (Fsp3) is 0.0357. The molecule has 4 aromatic carbocycles. The van der Waals surface area contributed by atoms with Crippen LogP contribution in [0, 0.1) is 0 Å². The molecule has 6 nitrogen and oxygen atoms in total. The summed E-state index contributed by atoms with van der Waals surface area (Å²) in [5.41, 5.74) is 4.08. The number of nitrogens with one attached hydrogen (secondary N) is 1. The molecular weight excluding hydrogens is 428 g/mol. The zero-order chi connectivity index (χ0) is 23.6. The third-order valence-corrected chi connectivity index (χ3v) is 4.82. The summed E-state index contributed by atoms with van der Waals surface area (Å²) in [7, 11) is 0. The fourth-order valence-electron chi connectivity index (χ4n) is 3.18. The van der Waals surface area contributed by atoms with E-state index in [0.29, 0.717) is 11.5 Å².